The van der Waals surface area contributed by atoms with Crippen molar-refractivity contribution in [1.82, 2.24) is 30.7 Å². The van der Waals surface area contributed by atoms with E-state index in [0.29, 0.717) is 36.2 Å². The topological polar surface area (TPSA) is 98.4 Å². The molecule has 0 bridgehead atoms. The summed E-state index contributed by atoms with van der Waals surface area (Å²) in [5.41, 5.74) is 9.90. The van der Waals surface area contributed by atoms with Gasteiger partial charge in [0.1, 0.15) is 5.82 Å². The molecular weight excluding hydrogens is 406 g/mol. The molecule has 172 valence electrons. The molecule has 6 rings (SSSR count). The molecular formula is C23H33N7O2. The Balaban J connectivity index is 1.20. The minimum Gasteiger partial charge on any atom is -0.379 e. The number of amides is 1. The van der Waals surface area contributed by atoms with Gasteiger partial charge in [0, 0.05) is 26.2 Å². The summed E-state index contributed by atoms with van der Waals surface area (Å²) < 4.78 is 5.42. The molecule has 4 heterocycles. The molecule has 0 aromatic carbocycles. The number of pyridine rings is 1. The van der Waals surface area contributed by atoms with Gasteiger partial charge < -0.3 is 14.6 Å². The maximum Gasteiger partial charge on any atom is 0.243 e. The molecule has 0 spiro atoms. The molecule has 4 unspecified atom stereocenters. The molecule has 32 heavy (non-hydrogen) atoms. The zero-order valence-corrected chi connectivity index (χ0v) is 19.1. The van der Waals surface area contributed by atoms with Gasteiger partial charge in [0.15, 0.2) is 5.65 Å². The Morgan fingerprint density at radius 3 is 2.94 bits per heavy atom. The van der Waals surface area contributed by atoms with Crippen LogP contribution in [0.15, 0.2) is 12.3 Å². The van der Waals surface area contributed by atoms with Gasteiger partial charge in [-0.25, -0.2) is 15.4 Å². The van der Waals surface area contributed by atoms with Crippen molar-refractivity contribution in [3.63, 3.8) is 0 Å². The van der Waals surface area contributed by atoms with Crippen molar-refractivity contribution in [3.05, 3.63) is 18.1 Å². The van der Waals surface area contributed by atoms with Gasteiger partial charge in [-0.15, -0.1) is 0 Å². The highest BCUT2D eigenvalue weighted by Gasteiger charge is 2.59. The van der Waals surface area contributed by atoms with Gasteiger partial charge in [-0.3, -0.25) is 15.1 Å². The number of likely N-dealkylation sites (N-methyl/N-ethyl adjacent to an activating group) is 1. The third-order valence-corrected chi connectivity index (χ3v) is 8.45. The van der Waals surface area contributed by atoms with Crippen LogP contribution in [0.1, 0.15) is 45.0 Å². The number of morpholine rings is 1. The lowest BCUT2D eigenvalue weighted by Crippen LogP contribution is -2.50. The highest BCUT2D eigenvalue weighted by atomic mass is 16.5. The van der Waals surface area contributed by atoms with Crippen molar-refractivity contribution in [3.8, 4) is 0 Å². The summed E-state index contributed by atoms with van der Waals surface area (Å²) in [7, 11) is 1.82. The molecule has 3 N–H and O–H groups in total. The first-order valence-electron chi connectivity index (χ1n) is 11.9. The maximum absolute atomic E-state index is 13.1. The van der Waals surface area contributed by atoms with Crippen LogP contribution < -0.4 is 15.8 Å². The SMILES string of the molecule is CC(C(=O)N(C)c1cnc2nc(C3NNC4C[C@@]5(C)C[C@H]5CC43)[nH]c2c1)N1CCOCC1. The van der Waals surface area contributed by atoms with E-state index < -0.39 is 0 Å². The molecule has 6 atom stereocenters. The third kappa shape index (κ3) is 3.34. The van der Waals surface area contributed by atoms with Crippen LogP contribution >= 0.6 is 0 Å². The largest absolute Gasteiger partial charge is 0.379 e. The summed E-state index contributed by atoms with van der Waals surface area (Å²) in [5, 5.41) is 0. The molecule has 2 aromatic heterocycles. The lowest BCUT2D eigenvalue weighted by atomic mass is 9.77. The zero-order chi connectivity index (χ0) is 22.0. The Kier molecular flexibility index (Phi) is 4.80. The lowest BCUT2D eigenvalue weighted by Gasteiger charge is -2.33. The summed E-state index contributed by atoms with van der Waals surface area (Å²) in [6, 6.07) is 2.47. The van der Waals surface area contributed by atoms with E-state index in [2.05, 4.69) is 32.6 Å². The number of hydrazine groups is 1. The van der Waals surface area contributed by atoms with Gasteiger partial charge in [-0.2, -0.15) is 0 Å². The Morgan fingerprint density at radius 1 is 1.31 bits per heavy atom. The van der Waals surface area contributed by atoms with E-state index in [-0.39, 0.29) is 18.0 Å². The van der Waals surface area contributed by atoms with Gasteiger partial charge in [-0.1, -0.05) is 6.92 Å². The lowest BCUT2D eigenvalue weighted by molar-refractivity contribution is -0.124. The number of carbonyl (C=O) groups excluding carboxylic acids is 1. The molecule has 4 aliphatic rings. The summed E-state index contributed by atoms with van der Waals surface area (Å²) in [5.74, 6) is 2.40. The summed E-state index contributed by atoms with van der Waals surface area (Å²) in [6.45, 7) is 7.32. The van der Waals surface area contributed by atoms with E-state index >= 15 is 0 Å². The number of nitrogens with zero attached hydrogens (tertiary/aromatic N) is 4. The molecule has 1 amide bonds. The number of rotatable bonds is 4. The first-order valence-corrected chi connectivity index (χ1v) is 11.9. The standard InChI is InChI=1S/C23H33N7O2/c1-13(30-4-6-32-7-5-30)22(31)29(3)15-9-17-20(24-12-15)26-21(25-17)19-16-8-14-10-23(14,2)11-18(16)27-28-19/h9,12-14,16,18-19,27-28H,4-8,10-11H2,1-3H3,(H,24,25,26)/t13?,14-,16?,18?,19?,23-/m1/s1. The smallest absolute Gasteiger partial charge is 0.243 e. The predicted octanol–water partition coefficient (Wildman–Crippen LogP) is 1.60. The van der Waals surface area contributed by atoms with Crippen LogP contribution in [0.3, 0.4) is 0 Å². The molecule has 9 heteroatoms. The molecule has 2 aliphatic carbocycles. The van der Waals surface area contributed by atoms with Crippen molar-refractivity contribution in [1.29, 1.82) is 0 Å². The fourth-order valence-electron chi connectivity index (χ4n) is 6.14. The molecule has 0 radical (unpaired) electrons. The number of nitrogens with one attached hydrogen (secondary N) is 3. The van der Waals surface area contributed by atoms with Gasteiger partial charge in [0.05, 0.1) is 42.7 Å². The van der Waals surface area contributed by atoms with E-state index in [9.17, 15) is 4.79 Å². The number of ether oxygens (including phenoxy) is 1. The third-order valence-electron chi connectivity index (χ3n) is 8.45. The molecule has 2 aromatic rings. The second kappa shape index (κ2) is 7.48. The Labute approximate surface area is 188 Å². The van der Waals surface area contributed by atoms with Crippen LogP contribution in [-0.2, 0) is 9.53 Å². The Morgan fingerprint density at radius 2 is 2.12 bits per heavy atom. The fourth-order valence-corrected chi connectivity index (χ4v) is 6.14. The quantitative estimate of drug-likeness (QED) is 0.666. The normalized spacial score (nSPS) is 35.3. The van der Waals surface area contributed by atoms with E-state index in [0.717, 1.165) is 36.0 Å². The van der Waals surface area contributed by atoms with E-state index in [4.69, 9.17) is 9.72 Å². The molecule has 4 fully saturated rings. The van der Waals surface area contributed by atoms with Crippen LogP contribution in [0.4, 0.5) is 5.69 Å². The number of aromatic nitrogens is 3. The number of imidazole rings is 1. The van der Waals surface area contributed by atoms with Gasteiger partial charge in [0.25, 0.3) is 0 Å². The van der Waals surface area contributed by atoms with E-state index in [1.54, 1.807) is 11.1 Å². The second-order valence-corrected chi connectivity index (χ2v) is 10.4. The summed E-state index contributed by atoms with van der Waals surface area (Å²) in [6.07, 6.45) is 5.60. The minimum absolute atomic E-state index is 0.0620. The number of hydrogen-bond acceptors (Lipinski definition) is 7. The Bertz CT molecular complexity index is 1030. The minimum atomic E-state index is -0.193. The number of anilines is 1. The number of fused-ring (bicyclic) bond motifs is 3. The average molecular weight is 440 g/mol. The molecule has 2 saturated carbocycles. The Hall–Kier alpha value is -2.07. The maximum atomic E-state index is 13.1. The number of aromatic amines is 1. The predicted molar refractivity (Wildman–Crippen MR) is 121 cm³/mol. The second-order valence-electron chi connectivity index (χ2n) is 10.4. The summed E-state index contributed by atoms with van der Waals surface area (Å²) >= 11 is 0. The van der Waals surface area contributed by atoms with Crippen molar-refractivity contribution < 1.29 is 9.53 Å². The van der Waals surface area contributed by atoms with Gasteiger partial charge in [0.2, 0.25) is 5.91 Å². The summed E-state index contributed by atoms with van der Waals surface area (Å²) in [4.78, 5) is 29.8. The van der Waals surface area contributed by atoms with Crippen molar-refractivity contribution >= 4 is 22.8 Å². The fraction of sp³-hybridized carbons (Fsp3) is 0.696. The van der Waals surface area contributed by atoms with Crippen LogP contribution in [0.25, 0.3) is 11.2 Å². The average Bonchev–Trinajstić information content (AvgIpc) is 3.11. The van der Waals surface area contributed by atoms with Crippen molar-refractivity contribution in [2.75, 3.05) is 38.3 Å². The van der Waals surface area contributed by atoms with Crippen LogP contribution in [0.5, 0.6) is 0 Å². The van der Waals surface area contributed by atoms with E-state index in [1.165, 1.54) is 19.3 Å². The first kappa shape index (κ1) is 20.5. The highest BCUT2D eigenvalue weighted by molar-refractivity contribution is 5.97. The first-order chi connectivity index (χ1) is 15.4. The highest BCUT2D eigenvalue weighted by Crippen LogP contribution is 2.64. The number of H-pyrrole nitrogens is 1. The van der Waals surface area contributed by atoms with Gasteiger partial charge >= 0.3 is 0 Å². The van der Waals surface area contributed by atoms with Crippen molar-refractivity contribution in [2.24, 2.45) is 17.3 Å². The molecule has 2 saturated heterocycles. The molecule has 2 aliphatic heterocycles. The van der Waals surface area contributed by atoms with Crippen LogP contribution in [-0.4, -0.2) is 71.2 Å². The van der Waals surface area contributed by atoms with Crippen LogP contribution in [0.2, 0.25) is 0 Å². The number of carbonyl (C=O) groups is 1. The van der Waals surface area contributed by atoms with Crippen LogP contribution in [0, 0.1) is 17.3 Å². The van der Waals surface area contributed by atoms with Crippen molar-refractivity contribution in [2.45, 2.75) is 51.2 Å². The van der Waals surface area contributed by atoms with Gasteiger partial charge in [-0.05, 0) is 49.5 Å². The monoisotopic (exact) mass is 439 g/mol. The zero-order valence-electron chi connectivity index (χ0n) is 19.1. The van der Waals surface area contributed by atoms with E-state index in [1.807, 2.05) is 20.0 Å². The number of hydrogen-bond donors (Lipinski definition) is 3. The molecule has 9 nitrogen and oxygen atoms in total.